The standard InChI is InChI=1S/C15H29N3O3/c1-20-9-4-16-12-14-2-5-17(6-3-14)13-15(19)18-7-10-21-11-8-18/h14,16H,2-13H2,1H3. The molecule has 1 amide bonds. The predicted octanol–water partition coefficient (Wildman–Crippen LogP) is -0.207. The van der Waals surface area contributed by atoms with Gasteiger partial charge >= 0.3 is 0 Å². The minimum atomic E-state index is 0.259. The minimum Gasteiger partial charge on any atom is -0.383 e. The minimum absolute atomic E-state index is 0.259. The number of rotatable bonds is 7. The summed E-state index contributed by atoms with van der Waals surface area (Å²) in [7, 11) is 1.73. The van der Waals surface area contributed by atoms with Gasteiger partial charge in [0, 0.05) is 26.7 Å². The summed E-state index contributed by atoms with van der Waals surface area (Å²) < 4.78 is 10.3. The third kappa shape index (κ3) is 5.90. The number of morpholine rings is 1. The number of nitrogens with one attached hydrogen (secondary N) is 1. The Hall–Kier alpha value is -0.690. The highest BCUT2D eigenvalue weighted by Crippen LogP contribution is 2.16. The van der Waals surface area contributed by atoms with Gasteiger partial charge in [-0.25, -0.2) is 0 Å². The van der Waals surface area contributed by atoms with Gasteiger partial charge in [-0.3, -0.25) is 9.69 Å². The zero-order valence-corrected chi connectivity index (χ0v) is 13.2. The Morgan fingerprint density at radius 1 is 1.24 bits per heavy atom. The number of carbonyl (C=O) groups is 1. The number of amides is 1. The molecule has 0 spiro atoms. The van der Waals surface area contributed by atoms with E-state index < -0.39 is 0 Å². The van der Waals surface area contributed by atoms with Crippen molar-refractivity contribution >= 4 is 5.91 Å². The van der Waals surface area contributed by atoms with Crippen LogP contribution in [0.15, 0.2) is 0 Å². The van der Waals surface area contributed by atoms with E-state index >= 15 is 0 Å². The molecule has 0 unspecified atom stereocenters. The maximum Gasteiger partial charge on any atom is 0.236 e. The van der Waals surface area contributed by atoms with Crippen molar-refractivity contribution in [2.45, 2.75) is 12.8 Å². The second-order valence-electron chi connectivity index (χ2n) is 5.91. The molecule has 0 aromatic rings. The predicted molar refractivity (Wildman–Crippen MR) is 81.3 cm³/mol. The Labute approximate surface area is 127 Å². The van der Waals surface area contributed by atoms with Gasteiger partial charge in [0.15, 0.2) is 0 Å². The Kier molecular flexibility index (Phi) is 7.43. The molecule has 0 saturated carbocycles. The van der Waals surface area contributed by atoms with Crippen LogP contribution in [0.1, 0.15) is 12.8 Å². The zero-order chi connectivity index (χ0) is 14.9. The first-order valence-electron chi connectivity index (χ1n) is 8.07. The molecule has 2 fully saturated rings. The number of piperidine rings is 1. The molecule has 2 rings (SSSR count). The molecule has 0 bridgehead atoms. The van der Waals surface area contributed by atoms with Crippen molar-refractivity contribution in [3.63, 3.8) is 0 Å². The van der Waals surface area contributed by atoms with Crippen LogP contribution in [-0.2, 0) is 14.3 Å². The van der Waals surface area contributed by atoms with E-state index in [0.717, 1.165) is 51.8 Å². The molecule has 0 atom stereocenters. The monoisotopic (exact) mass is 299 g/mol. The van der Waals surface area contributed by atoms with Crippen LogP contribution in [0.3, 0.4) is 0 Å². The van der Waals surface area contributed by atoms with E-state index in [9.17, 15) is 4.79 Å². The molecule has 2 aliphatic rings. The third-order valence-corrected chi connectivity index (χ3v) is 4.35. The maximum absolute atomic E-state index is 12.2. The number of nitrogens with zero attached hydrogens (tertiary/aromatic N) is 2. The fraction of sp³-hybridized carbons (Fsp3) is 0.933. The van der Waals surface area contributed by atoms with Gasteiger partial charge < -0.3 is 19.7 Å². The molecule has 2 heterocycles. The van der Waals surface area contributed by atoms with Crippen molar-refractivity contribution in [2.75, 3.05) is 72.7 Å². The quantitative estimate of drug-likeness (QED) is 0.660. The van der Waals surface area contributed by atoms with Gasteiger partial charge in [0.25, 0.3) is 0 Å². The summed E-state index contributed by atoms with van der Waals surface area (Å²) in [6.07, 6.45) is 2.35. The number of carbonyl (C=O) groups excluding carboxylic acids is 1. The molecule has 0 radical (unpaired) electrons. The highest BCUT2D eigenvalue weighted by Gasteiger charge is 2.23. The maximum atomic E-state index is 12.2. The molecular formula is C15H29N3O3. The number of likely N-dealkylation sites (tertiary alicyclic amines) is 1. The van der Waals surface area contributed by atoms with Gasteiger partial charge in [0.1, 0.15) is 0 Å². The summed E-state index contributed by atoms with van der Waals surface area (Å²) >= 11 is 0. The molecule has 2 aliphatic heterocycles. The Morgan fingerprint density at radius 2 is 1.95 bits per heavy atom. The average molecular weight is 299 g/mol. The van der Waals surface area contributed by atoms with Crippen LogP contribution in [0.4, 0.5) is 0 Å². The first-order valence-corrected chi connectivity index (χ1v) is 8.07. The lowest BCUT2D eigenvalue weighted by Crippen LogP contribution is -2.47. The van der Waals surface area contributed by atoms with Crippen molar-refractivity contribution in [3.8, 4) is 0 Å². The van der Waals surface area contributed by atoms with E-state index in [-0.39, 0.29) is 5.91 Å². The smallest absolute Gasteiger partial charge is 0.236 e. The Balaban J connectivity index is 1.59. The number of hydrogen-bond donors (Lipinski definition) is 1. The summed E-state index contributed by atoms with van der Waals surface area (Å²) in [6, 6.07) is 0. The van der Waals surface area contributed by atoms with E-state index in [4.69, 9.17) is 9.47 Å². The molecule has 0 aromatic carbocycles. The molecule has 2 saturated heterocycles. The van der Waals surface area contributed by atoms with Gasteiger partial charge in [-0.1, -0.05) is 0 Å². The molecule has 1 N–H and O–H groups in total. The summed E-state index contributed by atoms with van der Waals surface area (Å²) in [5.74, 6) is 0.992. The van der Waals surface area contributed by atoms with Crippen molar-refractivity contribution in [1.82, 2.24) is 15.1 Å². The lowest BCUT2D eigenvalue weighted by molar-refractivity contribution is -0.136. The van der Waals surface area contributed by atoms with Crippen LogP contribution in [0.25, 0.3) is 0 Å². The summed E-state index contributed by atoms with van der Waals surface area (Å²) in [4.78, 5) is 16.4. The van der Waals surface area contributed by atoms with Crippen molar-refractivity contribution in [1.29, 1.82) is 0 Å². The summed E-state index contributed by atoms with van der Waals surface area (Å²) in [6.45, 7) is 8.26. The second-order valence-corrected chi connectivity index (χ2v) is 5.91. The number of ether oxygens (including phenoxy) is 2. The molecule has 122 valence electrons. The highest BCUT2D eigenvalue weighted by atomic mass is 16.5. The van der Waals surface area contributed by atoms with Crippen LogP contribution in [0.2, 0.25) is 0 Å². The molecular weight excluding hydrogens is 270 g/mol. The van der Waals surface area contributed by atoms with Gasteiger partial charge in [-0.05, 0) is 38.4 Å². The van der Waals surface area contributed by atoms with Crippen LogP contribution in [-0.4, -0.2) is 88.5 Å². The average Bonchev–Trinajstić information content (AvgIpc) is 2.54. The molecule has 0 aromatic heterocycles. The summed E-state index contributed by atoms with van der Waals surface area (Å²) in [5.41, 5.74) is 0. The third-order valence-electron chi connectivity index (χ3n) is 4.35. The molecule has 6 heteroatoms. The second kappa shape index (κ2) is 9.35. The van der Waals surface area contributed by atoms with E-state index in [0.29, 0.717) is 19.8 Å². The lowest BCUT2D eigenvalue weighted by Gasteiger charge is -2.34. The van der Waals surface area contributed by atoms with Gasteiger partial charge in [0.2, 0.25) is 5.91 Å². The molecule has 6 nitrogen and oxygen atoms in total. The van der Waals surface area contributed by atoms with Gasteiger partial charge in [0.05, 0.1) is 26.4 Å². The van der Waals surface area contributed by atoms with E-state index in [2.05, 4.69) is 10.2 Å². The van der Waals surface area contributed by atoms with Crippen LogP contribution in [0, 0.1) is 5.92 Å². The molecule has 0 aliphatic carbocycles. The van der Waals surface area contributed by atoms with Crippen LogP contribution >= 0.6 is 0 Å². The highest BCUT2D eigenvalue weighted by molar-refractivity contribution is 5.78. The van der Waals surface area contributed by atoms with Crippen molar-refractivity contribution in [2.24, 2.45) is 5.92 Å². The zero-order valence-electron chi connectivity index (χ0n) is 13.2. The lowest BCUT2D eigenvalue weighted by atomic mass is 9.97. The Bertz CT molecular complexity index is 301. The SMILES string of the molecule is COCCNCC1CCN(CC(=O)N2CCOCC2)CC1. The first-order chi connectivity index (χ1) is 10.3. The number of hydrogen-bond acceptors (Lipinski definition) is 5. The van der Waals surface area contributed by atoms with Crippen molar-refractivity contribution in [3.05, 3.63) is 0 Å². The fourth-order valence-electron chi connectivity index (χ4n) is 2.93. The van der Waals surface area contributed by atoms with E-state index in [1.54, 1.807) is 7.11 Å². The fourth-order valence-corrected chi connectivity index (χ4v) is 2.93. The van der Waals surface area contributed by atoms with Gasteiger partial charge in [-0.2, -0.15) is 0 Å². The normalized spacial score (nSPS) is 21.7. The van der Waals surface area contributed by atoms with Gasteiger partial charge in [-0.15, -0.1) is 0 Å². The van der Waals surface area contributed by atoms with Crippen molar-refractivity contribution < 1.29 is 14.3 Å². The Morgan fingerprint density at radius 3 is 2.62 bits per heavy atom. The number of methoxy groups -OCH3 is 1. The largest absolute Gasteiger partial charge is 0.383 e. The van der Waals surface area contributed by atoms with E-state index in [1.165, 1.54) is 12.8 Å². The van der Waals surface area contributed by atoms with Crippen LogP contribution < -0.4 is 5.32 Å². The molecule has 21 heavy (non-hydrogen) atoms. The summed E-state index contributed by atoms with van der Waals surface area (Å²) in [5, 5.41) is 3.43. The van der Waals surface area contributed by atoms with E-state index in [1.807, 2.05) is 4.90 Å². The van der Waals surface area contributed by atoms with Crippen LogP contribution in [0.5, 0.6) is 0 Å². The first kappa shape index (κ1) is 16.7. The topological polar surface area (TPSA) is 54.0 Å².